The van der Waals surface area contributed by atoms with Crippen LogP contribution in [0.1, 0.15) is 64.7 Å². The highest BCUT2D eigenvalue weighted by Gasteiger charge is 2.20. The van der Waals surface area contributed by atoms with Gasteiger partial charge in [0.15, 0.2) is 0 Å². The molecule has 4 heteroatoms. The number of carbonyl (C=O) groups is 1. The molecule has 2 fully saturated rings. The van der Waals surface area contributed by atoms with Crippen molar-refractivity contribution in [1.29, 1.82) is 0 Å². The first-order chi connectivity index (χ1) is 18.2. The Kier molecular flexibility index (Phi) is 9.04. The maximum Gasteiger partial charge on any atom is 0.251 e. The predicted octanol–water partition coefficient (Wildman–Crippen LogP) is 6.06. The lowest BCUT2D eigenvalue weighted by atomic mass is 9.90. The Morgan fingerprint density at radius 3 is 2.05 bits per heavy atom. The number of benzene rings is 3. The third kappa shape index (κ3) is 7.53. The summed E-state index contributed by atoms with van der Waals surface area (Å²) >= 11 is 0. The normalized spacial score (nSPS) is 17.5. The van der Waals surface area contributed by atoms with Crippen molar-refractivity contribution in [3.05, 3.63) is 107 Å². The average Bonchev–Trinajstić information content (AvgIpc) is 2.95. The van der Waals surface area contributed by atoms with Crippen LogP contribution in [0.4, 0.5) is 0 Å². The number of likely N-dealkylation sites (tertiary alicyclic amines) is 2. The summed E-state index contributed by atoms with van der Waals surface area (Å²) in [4.78, 5) is 18.0. The predicted molar refractivity (Wildman–Crippen MR) is 151 cm³/mol. The second-order valence-electron chi connectivity index (χ2n) is 10.9. The van der Waals surface area contributed by atoms with Crippen LogP contribution in [0.15, 0.2) is 78.9 Å². The molecule has 3 aromatic rings. The molecular formula is C33H41N3O. The average molecular weight is 496 g/mol. The second-order valence-corrected chi connectivity index (χ2v) is 10.9. The van der Waals surface area contributed by atoms with Crippen molar-refractivity contribution in [3.8, 4) is 0 Å². The van der Waals surface area contributed by atoms with E-state index in [2.05, 4.69) is 81.8 Å². The molecule has 0 atom stereocenters. The summed E-state index contributed by atoms with van der Waals surface area (Å²) in [5.74, 6) is 0.788. The van der Waals surface area contributed by atoms with Gasteiger partial charge in [-0.3, -0.25) is 14.6 Å². The SMILES string of the molecule is O=C(NCc1ccccc1CN1CCCCC1)c1ccc(CN2CCC(Cc3ccccc3)CC2)cc1. The smallest absolute Gasteiger partial charge is 0.251 e. The summed E-state index contributed by atoms with van der Waals surface area (Å²) in [6, 6.07) is 27.6. The lowest BCUT2D eigenvalue weighted by Gasteiger charge is -2.32. The van der Waals surface area contributed by atoms with Crippen molar-refractivity contribution < 1.29 is 4.79 Å². The van der Waals surface area contributed by atoms with Crippen molar-refractivity contribution in [2.24, 2.45) is 5.92 Å². The molecule has 0 bridgehead atoms. The number of amides is 1. The van der Waals surface area contributed by atoms with Crippen LogP contribution in [-0.4, -0.2) is 41.9 Å². The summed E-state index contributed by atoms with van der Waals surface area (Å²) < 4.78 is 0. The largest absolute Gasteiger partial charge is 0.348 e. The topological polar surface area (TPSA) is 35.6 Å². The van der Waals surface area contributed by atoms with Crippen molar-refractivity contribution in [2.45, 2.75) is 58.2 Å². The number of hydrogen-bond donors (Lipinski definition) is 1. The van der Waals surface area contributed by atoms with Gasteiger partial charge < -0.3 is 5.32 Å². The molecule has 0 aromatic heterocycles. The van der Waals surface area contributed by atoms with E-state index in [4.69, 9.17) is 0 Å². The van der Waals surface area contributed by atoms with Crippen LogP contribution < -0.4 is 5.32 Å². The molecule has 0 saturated carbocycles. The van der Waals surface area contributed by atoms with Gasteiger partial charge in [-0.1, -0.05) is 73.2 Å². The van der Waals surface area contributed by atoms with Gasteiger partial charge in [0.05, 0.1) is 0 Å². The monoisotopic (exact) mass is 495 g/mol. The molecule has 2 saturated heterocycles. The summed E-state index contributed by atoms with van der Waals surface area (Å²) in [7, 11) is 0. The fourth-order valence-electron chi connectivity index (χ4n) is 5.84. The minimum absolute atomic E-state index is 0.000974. The van der Waals surface area contributed by atoms with Crippen LogP contribution in [0.2, 0.25) is 0 Å². The van der Waals surface area contributed by atoms with Crippen molar-refractivity contribution >= 4 is 5.91 Å². The highest BCUT2D eigenvalue weighted by molar-refractivity contribution is 5.94. The first-order valence-corrected chi connectivity index (χ1v) is 14.2. The number of piperidine rings is 2. The van der Waals surface area contributed by atoms with E-state index < -0.39 is 0 Å². The molecule has 4 nitrogen and oxygen atoms in total. The fraction of sp³-hybridized carbons (Fsp3) is 0.424. The number of nitrogens with one attached hydrogen (secondary N) is 1. The van der Waals surface area contributed by atoms with E-state index in [1.807, 2.05) is 12.1 Å². The minimum Gasteiger partial charge on any atom is -0.348 e. The Morgan fingerprint density at radius 1 is 0.676 bits per heavy atom. The first kappa shape index (κ1) is 25.7. The molecule has 194 valence electrons. The van der Waals surface area contributed by atoms with E-state index >= 15 is 0 Å². The molecule has 0 aliphatic carbocycles. The molecule has 1 N–H and O–H groups in total. The Hall–Kier alpha value is -2.95. The highest BCUT2D eigenvalue weighted by Crippen LogP contribution is 2.23. The summed E-state index contributed by atoms with van der Waals surface area (Å²) in [6.45, 7) is 7.17. The van der Waals surface area contributed by atoms with E-state index in [1.165, 1.54) is 73.9 Å². The van der Waals surface area contributed by atoms with E-state index in [1.54, 1.807) is 0 Å². The van der Waals surface area contributed by atoms with Crippen LogP contribution in [0.25, 0.3) is 0 Å². The van der Waals surface area contributed by atoms with E-state index in [0.29, 0.717) is 6.54 Å². The van der Waals surface area contributed by atoms with Crippen LogP contribution in [-0.2, 0) is 26.1 Å². The molecule has 2 heterocycles. The molecule has 0 radical (unpaired) electrons. The molecule has 5 rings (SSSR count). The molecule has 3 aromatic carbocycles. The van der Waals surface area contributed by atoms with Gasteiger partial charge in [-0.05, 0) is 98.6 Å². The van der Waals surface area contributed by atoms with E-state index in [0.717, 1.165) is 37.7 Å². The van der Waals surface area contributed by atoms with Crippen molar-refractivity contribution in [1.82, 2.24) is 15.1 Å². The van der Waals surface area contributed by atoms with Gasteiger partial charge in [-0.2, -0.15) is 0 Å². The number of rotatable bonds is 9. The maximum atomic E-state index is 12.9. The highest BCUT2D eigenvalue weighted by atomic mass is 16.1. The van der Waals surface area contributed by atoms with Gasteiger partial charge in [-0.25, -0.2) is 0 Å². The van der Waals surface area contributed by atoms with Gasteiger partial charge in [0.25, 0.3) is 5.91 Å². The zero-order chi connectivity index (χ0) is 25.3. The van der Waals surface area contributed by atoms with Gasteiger partial charge in [0, 0.05) is 25.2 Å². The zero-order valence-electron chi connectivity index (χ0n) is 22.1. The number of hydrogen-bond acceptors (Lipinski definition) is 3. The lowest BCUT2D eigenvalue weighted by molar-refractivity contribution is 0.0950. The Labute approximate surface area is 222 Å². The van der Waals surface area contributed by atoms with Crippen molar-refractivity contribution in [2.75, 3.05) is 26.2 Å². The number of nitrogens with zero attached hydrogens (tertiary/aromatic N) is 2. The fourth-order valence-corrected chi connectivity index (χ4v) is 5.84. The molecular weight excluding hydrogens is 454 g/mol. The first-order valence-electron chi connectivity index (χ1n) is 14.2. The van der Waals surface area contributed by atoms with Crippen LogP contribution >= 0.6 is 0 Å². The Balaban J connectivity index is 1.08. The van der Waals surface area contributed by atoms with Crippen LogP contribution in [0.3, 0.4) is 0 Å². The number of carbonyl (C=O) groups excluding carboxylic acids is 1. The lowest BCUT2D eigenvalue weighted by Crippen LogP contribution is -2.33. The maximum absolute atomic E-state index is 12.9. The van der Waals surface area contributed by atoms with Crippen molar-refractivity contribution in [3.63, 3.8) is 0 Å². The molecule has 0 unspecified atom stereocenters. The van der Waals surface area contributed by atoms with Crippen LogP contribution in [0.5, 0.6) is 0 Å². The van der Waals surface area contributed by atoms with Crippen LogP contribution in [0, 0.1) is 5.92 Å². The zero-order valence-corrected chi connectivity index (χ0v) is 22.1. The quantitative estimate of drug-likeness (QED) is 0.392. The molecule has 2 aliphatic rings. The Morgan fingerprint density at radius 2 is 1.32 bits per heavy atom. The second kappa shape index (κ2) is 13.0. The van der Waals surface area contributed by atoms with Gasteiger partial charge in [-0.15, -0.1) is 0 Å². The van der Waals surface area contributed by atoms with Gasteiger partial charge in [0.1, 0.15) is 0 Å². The van der Waals surface area contributed by atoms with Gasteiger partial charge in [0.2, 0.25) is 0 Å². The summed E-state index contributed by atoms with van der Waals surface area (Å²) in [5, 5.41) is 3.15. The third-order valence-corrected chi connectivity index (χ3v) is 8.10. The molecule has 1 amide bonds. The van der Waals surface area contributed by atoms with E-state index in [9.17, 15) is 4.79 Å². The standard InChI is InChI=1S/C33H41N3O/c37-33(34-24-31-11-5-6-12-32(31)26-35-19-7-2-8-20-35)30-15-13-29(14-16-30)25-36-21-17-28(18-22-36)23-27-9-3-1-4-10-27/h1,3-6,9-16,28H,2,7-8,17-26H2,(H,34,37). The molecule has 37 heavy (non-hydrogen) atoms. The third-order valence-electron chi connectivity index (χ3n) is 8.10. The molecule has 0 spiro atoms. The Bertz CT molecular complexity index is 1110. The minimum atomic E-state index is 0.000974. The molecule has 2 aliphatic heterocycles. The van der Waals surface area contributed by atoms with Gasteiger partial charge >= 0.3 is 0 Å². The summed E-state index contributed by atoms with van der Waals surface area (Å²) in [5.41, 5.74) is 6.02. The summed E-state index contributed by atoms with van der Waals surface area (Å²) in [6.07, 6.45) is 7.65. The van der Waals surface area contributed by atoms with E-state index in [-0.39, 0.29) is 5.91 Å².